The van der Waals surface area contributed by atoms with Gasteiger partial charge in [0, 0.05) is 5.54 Å². The second-order valence-electron chi connectivity index (χ2n) is 4.24. The standard InChI is InChI=1S/C12H19NO2/c1-12(2,13)8-9-15-11-7-5-4-6-10(11)14-3/h4-7H,8-9,13H2,1-3H3. The van der Waals surface area contributed by atoms with Gasteiger partial charge in [-0.15, -0.1) is 0 Å². The third-order valence-electron chi connectivity index (χ3n) is 2.07. The molecule has 1 aromatic carbocycles. The Hall–Kier alpha value is -1.22. The zero-order valence-corrected chi connectivity index (χ0v) is 9.62. The van der Waals surface area contributed by atoms with Crippen LogP contribution in [0.15, 0.2) is 24.3 Å². The van der Waals surface area contributed by atoms with Crippen molar-refractivity contribution in [2.45, 2.75) is 25.8 Å². The van der Waals surface area contributed by atoms with E-state index in [9.17, 15) is 0 Å². The first-order valence-corrected chi connectivity index (χ1v) is 5.07. The van der Waals surface area contributed by atoms with Crippen molar-refractivity contribution in [1.29, 1.82) is 0 Å². The average Bonchev–Trinajstić information content (AvgIpc) is 2.16. The van der Waals surface area contributed by atoms with Gasteiger partial charge in [0.05, 0.1) is 13.7 Å². The van der Waals surface area contributed by atoms with Gasteiger partial charge in [0.15, 0.2) is 11.5 Å². The van der Waals surface area contributed by atoms with Gasteiger partial charge >= 0.3 is 0 Å². The largest absolute Gasteiger partial charge is 0.493 e. The van der Waals surface area contributed by atoms with E-state index in [1.807, 2.05) is 38.1 Å². The van der Waals surface area contributed by atoms with Crippen molar-refractivity contribution in [1.82, 2.24) is 0 Å². The van der Waals surface area contributed by atoms with Crippen LogP contribution in [0.3, 0.4) is 0 Å². The van der Waals surface area contributed by atoms with Gasteiger partial charge < -0.3 is 15.2 Å². The maximum absolute atomic E-state index is 5.86. The molecule has 15 heavy (non-hydrogen) atoms. The number of ether oxygens (including phenoxy) is 2. The number of hydrogen-bond donors (Lipinski definition) is 1. The topological polar surface area (TPSA) is 44.5 Å². The van der Waals surface area contributed by atoms with E-state index in [0.717, 1.165) is 17.9 Å². The Morgan fingerprint density at radius 3 is 2.33 bits per heavy atom. The van der Waals surface area contributed by atoms with Gasteiger partial charge in [-0.3, -0.25) is 0 Å². The van der Waals surface area contributed by atoms with E-state index in [2.05, 4.69) is 0 Å². The summed E-state index contributed by atoms with van der Waals surface area (Å²) in [6.45, 7) is 4.57. The SMILES string of the molecule is COc1ccccc1OCCC(C)(C)N. The molecule has 0 unspecified atom stereocenters. The monoisotopic (exact) mass is 209 g/mol. The quantitative estimate of drug-likeness (QED) is 0.808. The Morgan fingerprint density at radius 2 is 1.80 bits per heavy atom. The van der Waals surface area contributed by atoms with Gasteiger partial charge in [0.2, 0.25) is 0 Å². The second kappa shape index (κ2) is 5.03. The predicted molar refractivity (Wildman–Crippen MR) is 61.4 cm³/mol. The first-order valence-electron chi connectivity index (χ1n) is 5.07. The van der Waals surface area contributed by atoms with Crippen LogP contribution in [0.2, 0.25) is 0 Å². The average molecular weight is 209 g/mol. The first kappa shape index (κ1) is 11.9. The second-order valence-corrected chi connectivity index (χ2v) is 4.24. The molecule has 0 aliphatic heterocycles. The summed E-state index contributed by atoms with van der Waals surface area (Å²) in [7, 11) is 1.63. The molecule has 1 rings (SSSR count). The highest BCUT2D eigenvalue weighted by atomic mass is 16.5. The van der Waals surface area contributed by atoms with E-state index in [4.69, 9.17) is 15.2 Å². The van der Waals surface area contributed by atoms with Crippen LogP contribution in [0.1, 0.15) is 20.3 Å². The summed E-state index contributed by atoms with van der Waals surface area (Å²) in [6, 6.07) is 7.61. The Morgan fingerprint density at radius 1 is 1.20 bits per heavy atom. The molecule has 0 heterocycles. The lowest BCUT2D eigenvalue weighted by Crippen LogP contribution is -2.33. The van der Waals surface area contributed by atoms with Crippen LogP contribution < -0.4 is 15.2 Å². The van der Waals surface area contributed by atoms with Crippen LogP contribution >= 0.6 is 0 Å². The molecule has 3 nitrogen and oxygen atoms in total. The van der Waals surface area contributed by atoms with E-state index in [1.165, 1.54) is 0 Å². The van der Waals surface area contributed by atoms with Crippen molar-refractivity contribution in [3.8, 4) is 11.5 Å². The molecule has 0 aliphatic carbocycles. The summed E-state index contributed by atoms with van der Waals surface area (Å²) in [6.07, 6.45) is 0.811. The number of nitrogens with two attached hydrogens (primary N) is 1. The molecule has 0 spiro atoms. The number of methoxy groups -OCH3 is 1. The first-order chi connectivity index (χ1) is 7.03. The van der Waals surface area contributed by atoms with Crippen LogP contribution in [-0.4, -0.2) is 19.3 Å². The number of benzene rings is 1. The third kappa shape index (κ3) is 4.21. The lowest BCUT2D eigenvalue weighted by Gasteiger charge is -2.18. The lowest BCUT2D eigenvalue weighted by molar-refractivity contribution is 0.261. The molecule has 3 heteroatoms. The summed E-state index contributed by atoms with van der Waals surface area (Å²) in [5.41, 5.74) is 5.67. The number of hydrogen-bond acceptors (Lipinski definition) is 3. The summed E-state index contributed by atoms with van der Waals surface area (Å²) in [4.78, 5) is 0. The van der Waals surface area contributed by atoms with Crippen LogP contribution in [0, 0.1) is 0 Å². The molecule has 0 aliphatic rings. The predicted octanol–water partition coefficient (Wildman–Crippen LogP) is 2.20. The van der Waals surface area contributed by atoms with E-state index in [1.54, 1.807) is 7.11 Å². The van der Waals surface area contributed by atoms with Crippen molar-refractivity contribution in [2.24, 2.45) is 5.73 Å². The van der Waals surface area contributed by atoms with Crippen LogP contribution in [0.25, 0.3) is 0 Å². The van der Waals surface area contributed by atoms with E-state index in [0.29, 0.717) is 6.61 Å². The van der Waals surface area contributed by atoms with Gasteiger partial charge in [-0.05, 0) is 32.4 Å². The summed E-state index contributed by atoms with van der Waals surface area (Å²) < 4.78 is 10.8. The molecule has 0 aromatic heterocycles. The van der Waals surface area contributed by atoms with Gasteiger partial charge in [-0.25, -0.2) is 0 Å². The molecule has 0 bridgehead atoms. The van der Waals surface area contributed by atoms with E-state index in [-0.39, 0.29) is 5.54 Å². The Balaban J connectivity index is 2.50. The van der Waals surface area contributed by atoms with E-state index >= 15 is 0 Å². The van der Waals surface area contributed by atoms with Crippen molar-refractivity contribution in [3.05, 3.63) is 24.3 Å². The minimum absolute atomic E-state index is 0.192. The molecule has 1 aromatic rings. The molecule has 2 N–H and O–H groups in total. The van der Waals surface area contributed by atoms with Gasteiger partial charge in [0.25, 0.3) is 0 Å². The van der Waals surface area contributed by atoms with Crippen molar-refractivity contribution >= 4 is 0 Å². The zero-order valence-electron chi connectivity index (χ0n) is 9.62. The number of para-hydroxylation sites is 2. The van der Waals surface area contributed by atoms with E-state index < -0.39 is 0 Å². The highest BCUT2D eigenvalue weighted by Crippen LogP contribution is 2.26. The van der Waals surface area contributed by atoms with Gasteiger partial charge in [0.1, 0.15) is 0 Å². The fourth-order valence-corrected chi connectivity index (χ4v) is 1.16. The molecule has 0 amide bonds. The zero-order chi connectivity index (χ0) is 11.3. The van der Waals surface area contributed by atoms with Gasteiger partial charge in [-0.2, -0.15) is 0 Å². The molecule has 0 saturated heterocycles. The summed E-state index contributed by atoms with van der Waals surface area (Å²) in [5.74, 6) is 1.52. The van der Waals surface area contributed by atoms with Gasteiger partial charge in [-0.1, -0.05) is 12.1 Å². The molecular weight excluding hydrogens is 190 g/mol. The van der Waals surface area contributed by atoms with Crippen molar-refractivity contribution in [2.75, 3.05) is 13.7 Å². The van der Waals surface area contributed by atoms with Crippen LogP contribution in [0.4, 0.5) is 0 Å². The summed E-state index contributed by atoms with van der Waals surface area (Å²) >= 11 is 0. The molecular formula is C12H19NO2. The smallest absolute Gasteiger partial charge is 0.161 e. The Bertz CT molecular complexity index is 305. The Labute approximate surface area is 91.2 Å². The van der Waals surface area contributed by atoms with Crippen molar-refractivity contribution < 1.29 is 9.47 Å². The fraction of sp³-hybridized carbons (Fsp3) is 0.500. The summed E-state index contributed by atoms with van der Waals surface area (Å²) in [5, 5.41) is 0. The van der Waals surface area contributed by atoms with Crippen LogP contribution in [-0.2, 0) is 0 Å². The fourth-order valence-electron chi connectivity index (χ4n) is 1.16. The maximum atomic E-state index is 5.86. The lowest BCUT2D eigenvalue weighted by atomic mass is 10.0. The third-order valence-corrected chi connectivity index (χ3v) is 2.07. The molecule has 0 atom stereocenters. The molecule has 0 saturated carbocycles. The maximum Gasteiger partial charge on any atom is 0.161 e. The Kier molecular flexibility index (Phi) is 3.97. The normalized spacial score (nSPS) is 11.2. The highest BCUT2D eigenvalue weighted by molar-refractivity contribution is 5.39. The van der Waals surface area contributed by atoms with Crippen molar-refractivity contribution in [3.63, 3.8) is 0 Å². The minimum Gasteiger partial charge on any atom is -0.493 e. The molecule has 0 fully saturated rings. The highest BCUT2D eigenvalue weighted by Gasteiger charge is 2.11. The molecule has 84 valence electrons. The molecule has 0 radical (unpaired) electrons. The number of rotatable bonds is 5. The minimum atomic E-state index is -0.192. The van der Waals surface area contributed by atoms with Crippen LogP contribution in [0.5, 0.6) is 11.5 Å².